The lowest BCUT2D eigenvalue weighted by Gasteiger charge is -2.46. The van der Waals surface area contributed by atoms with Crippen molar-refractivity contribution < 1.29 is 14.3 Å². The highest BCUT2D eigenvalue weighted by Gasteiger charge is 2.41. The third-order valence-corrected chi connectivity index (χ3v) is 3.72. The number of hydrogen-bond acceptors (Lipinski definition) is 2. The maximum atomic E-state index is 13.5. The van der Waals surface area contributed by atoms with Crippen LogP contribution in [-0.2, 0) is 4.79 Å². The Kier molecular flexibility index (Phi) is 4.45. The van der Waals surface area contributed by atoms with Crippen LogP contribution in [0.3, 0.4) is 0 Å². The van der Waals surface area contributed by atoms with Gasteiger partial charge in [-0.1, -0.05) is 31.0 Å². The number of aliphatic hydroxyl groups is 1. The lowest BCUT2D eigenvalue weighted by molar-refractivity contribution is -0.151. The van der Waals surface area contributed by atoms with Gasteiger partial charge in [0.1, 0.15) is 5.82 Å². The Labute approximate surface area is 122 Å². The lowest BCUT2D eigenvalue weighted by Crippen LogP contribution is -2.63. The van der Waals surface area contributed by atoms with E-state index in [9.17, 15) is 14.3 Å². The Bertz CT molecular complexity index is 518. The number of β-amino-alcohol motifs (C(OH)–C–C–N with tert-alkyl or cyclic N) is 1. The molecule has 2 rings (SSSR count). The van der Waals surface area contributed by atoms with Crippen molar-refractivity contribution in [1.82, 2.24) is 4.90 Å². The molecule has 0 saturated carbocycles. The van der Waals surface area contributed by atoms with Gasteiger partial charge in [-0.3, -0.25) is 4.79 Å². The summed E-state index contributed by atoms with van der Waals surface area (Å²) in [7, 11) is 0. The molecular weight excluding hydrogens is 281 g/mol. The molecule has 3 nitrogen and oxygen atoms in total. The van der Waals surface area contributed by atoms with E-state index in [1.807, 2.05) is 6.92 Å². The van der Waals surface area contributed by atoms with E-state index in [0.29, 0.717) is 19.5 Å². The van der Waals surface area contributed by atoms with Crippen molar-refractivity contribution >= 4 is 23.6 Å². The van der Waals surface area contributed by atoms with Crippen molar-refractivity contribution in [2.75, 3.05) is 13.1 Å². The fourth-order valence-corrected chi connectivity index (χ4v) is 2.60. The monoisotopic (exact) mass is 297 g/mol. The summed E-state index contributed by atoms with van der Waals surface area (Å²) >= 11 is 5.87. The van der Waals surface area contributed by atoms with Crippen molar-refractivity contribution in [2.24, 2.45) is 0 Å². The molecule has 1 aliphatic heterocycles. The summed E-state index contributed by atoms with van der Waals surface area (Å²) in [6.07, 6.45) is 4.21. The van der Waals surface area contributed by atoms with Gasteiger partial charge in [0, 0.05) is 11.6 Å². The van der Waals surface area contributed by atoms with E-state index in [1.54, 1.807) is 6.07 Å². The zero-order valence-electron chi connectivity index (χ0n) is 11.3. The Morgan fingerprint density at radius 1 is 1.55 bits per heavy atom. The number of amides is 1. The lowest BCUT2D eigenvalue weighted by atomic mass is 9.89. The molecule has 108 valence electrons. The molecule has 1 fully saturated rings. The largest absolute Gasteiger partial charge is 0.386 e. The normalized spacial score (nSPS) is 17.3. The number of likely N-dealkylation sites (tertiary alicyclic amines) is 1. The summed E-state index contributed by atoms with van der Waals surface area (Å²) in [4.78, 5) is 13.4. The van der Waals surface area contributed by atoms with E-state index in [-0.39, 0.29) is 16.5 Å². The first kappa shape index (κ1) is 15.0. The highest BCUT2D eigenvalue weighted by molar-refractivity contribution is 6.32. The van der Waals surface area contributed by atoms with Crippen molar-refractivity contribution in [1.29, 1.82) is 0 Å². The van der Waals surface area contributed by atoms with Crippen molar-refractivity contribution in [3.8, 4) is 0 Å². The Morgan fingerprint density at radius 3 is 2.85 bits per heavy atom. The number of nitrogens with zero attached hydrogens (tertiary/aromatic N) is 1. The van der Waals surface area contributed by atoms with Gasteiger partial charge in [0.15, 0.2) is 0 Å². The van der Waals surface area contributed by atoms with Gasteiger partial charge in [-0.15, -0.1) is 0 Å². The van der Waals surface area contributed by atoms with Gasteiger partial charge >= 0.3 is 0 Å². The van der Waals surface area contributed by atoms with Crippen LogP contribution in [0.2, 0.25) is 5.02 Å². The van der Waals surface area contributed by atoms with Crippen molar-refractivity contribution in [3.05, 3.63) is 40.7 Å². The fraction of sp³-hybridized carbons (Fsp3) is 0.400. The summed E-state index contributed by atoms with van der Waals surface area (Å²) in [6.45, 7) is 2.65. The predicted molar refractivity (Wildman–Crippen MR) is 76.9 cm³/mol. The predicted octanol–water partition coefficient (Wildman–Crippen LogP) is 2.87. The zero-order valence-corrected chi connectivity index (χ0v) is 12.0. The van der Waals surface area contributed by atoms with E-state index in [1.165, 1.54) is 29.2 Å². The maximum absolute atomic E-state index is 13.5. The summed E-state index contributed by atoms with van der Waals surface area (Å²) in [5.74, 6) is -0.710. The molecule has 5 heteroatoms. The molecule has 0 unspecified atom stereocenters. The highest BCUT2D eigenvalue weighted by Crippen LogP contribution is 2.26. The minimum Gasteiger partial charge on any atom is -0.386 e. The number of carbonyl (C=O) groups is 1. The molecule has 20 heavy (non-hydrogen) atoms. The third kappa shape index (κ3) is 3.19. The molecular formula is C15H17ClFNO2. The molecule has 1 N–H and O–H groups in total. The van der Waals surface area contributed by atoms with Gasteiger partial charge in [-0.05, 0) is 24.6 Å². The first-order chi connectivity index (χ1) is 9.45. The van der Waals surface area contributed by atoms with Crippen LogP contribution in [0.4, 0.5) is 4.39 Å². The van der Waals surface area contributed by atoms with Gasteiger partial charge in [-0.25, -0.2) is 4.39 Å². The number of carbonyl (C=O) groups excluding carboxylic acids is 1. The van der Waals surface area contributed by atoms with Crippen LogP contribution < -0.4 is 0 Å². The second-order valence-electron chi connectivity index (χ2n) is 5.14. The smallest absolute Gasteiger partial charge is 0.246 e. The van der Waals surface area contributed by atoms with Crippen molar-refractivity contribution in [2.45, 2.75) is 25.4 Å². The molecule has 0 bridgehead atoms. The molecule has 1 aliphatic rings. The van der Waals surface area contributed by atoms with E-state index in [4.69, 9.17) is 11.6 Å². The van der Waals surface area contributed by atoms with E-state index in [0.717, 1.165) is 6.42 Å². The van der Waals surface area contributed by atoms with Crippen molar-refractivity contribution in [3.63, 3.8) is 0 Å². The molecule has 1 aromatic rings. The van der Waals surface area contributed by atoms with E-state index < -0.39 is 11.4 Å². The van der Waals surface area contributed by atoms with Crippen LogP contribution >= 0.6 is 11.6 Å². The first-order valence-electron chi connectivity index (χ1n) is 6.58. The molecule has 0 spiro atoms. The standard InChI is InChI=1S/C15H17ClFNO2/c1-2-8-15(20)9-18(10-15)14(19)7-6-11-12(16)4-3-5-13(11)17/h3-7,20H,2,8-10H2,1H3. The van der Waals surface area contributed by atoms with Gasteiger partial charge in [-0.2, -0.15) is 0 Å². The van der Waals surface area contributed by atoms with Crippen LogP contribution in [0.5, 0.6) is 0 Å². The summed E-state index contributed by atoms with van der Waals surface area (Å²) in [6, 6.07) is 4.37. The van der Waals surface area contributed by atoms with E-state index in [2.05, 4.69) is 0 Å². The fourth-order valence-electron chi connectivity index (χ4n) is 2.37. The van der Waals surface area contributed by atoms with Crippen LogP contribution in [0.1, 0.15) is 25.3 Å². The third-order valence-electron chi connectivity index (χ3n) is 3.39. The van der Waals surface area contributed by atoms with Gasteiger partial charge in [0.25, 0.3) is 0 Å². The Balaban J connectivity index is 1.98. The molecule has 0 aliphatic carbocycles. The summed E-state index contributed by atoms with van der Waals surface area (Å²) in [5, 5.41) is 10.3. The number of rotatable bonds is 4. The molecule has 0 radical (unpaired) electrons. The molecule has 1 aromatic carbocycles. The zero-order chi connectivity index (χ0) is 14.8. The first-order valence-corrected chi connectivity index (χ1v) is 6.96. The maximum Gasteiger partial charge on any atom is 0.246 e. The van der Waals surface area contributed by atoms with Crippen LogP contribution in [-0.4, -0.2) is 34.6 Å². The topological polar surface area (TPSA) is 40.5 Å². The second-order valence-corrected chi connectivity index (χ2v) is 5.54. The Morgan fingerprint density at radius 2 is 2.25 bits per heavy atom. The minimum absolute atomic E-state index is 0.201. The van der Waals surface area contributed by atoms with Gasteiger partial charge in [0.2, 0.25) is 5.91 Å². The molecule has 0 atom stereocenters. The highest BCUT2D eigenvalue weighted by atomic mass is 35.5. The number of hydrogen-bond donors (Lipinski definition) is 1. The number of halogens is 2. The Hall–Kier alpha value is -1.39. The SMILES string of the molecule is CCCC1(O)CN(C(=O)C=Cc2c(F)cccc2Cl)C1. The molecule has 0 aromatic heterocycles. The summed E-state index contributed by atoms with van der Waals surface area (Å²) < 4.78 is 13.5. The average Bonchev–Trinajstić information content (AvgIpc) is 2.35. The number of benzene rings is 1. The molecule has 1 saturated heterocycles. The second kappa shape index (κ2) is 5.94. The minimum atomic E-state index is -0.756. The molecule has 1 amide bonds. The van der Waals surface area contributed by atoms with Crippen LogP contribution in [0.15, 0.2) is 24.3 Å². The van der Waals surface area contributed by atoms with Gasteiger partial charge in [0.05, 0.1) is 23.7 Å². The van der Waals surface area contributed by atoms with Crippen LogP contribution in [0.25, 0.3) is 6.08 Å². The van der Waals surface area contributed by atoms with Gasteiger partial charge < -0.3 is 10.0 Å². The summed E-state index contributed by atoms with van der Waals surface area (Å²) in [5.41, 5.74) is -0.555. The van der Waals surface area contributed by atoms with Crippen LogP contribution in [0, 0.1) is 5.82 Å². The quantitative estimate of drug-likeness (QED) is 0.868. The molecule has 1 heterocycles. The average molecular weight is 298 g/mol. The van der Waals surface area contributed by atoms with E-state index >= 15 is 0 Å².